The summed E-state index contributed by atoms with van der Waals surface area (Å²) in [7, 11) is 0. The summed E-state index contributed by atoms with van der Waals surface area (Å²) in [5.41, 5.74) is 1.32. The monoisotopic (exact) mass is 377 g/mol. The Kier molecular flexibility index (Phi) is 4.45. The van der Waals surface area contributed by atoms with E-state index in [1.165, 1.54) is 60.7 Å². The molecule has 0 spiro atoms. The number of benzene rings is 3. The maximum atomic E-state index is 13.1. The molecular weight excluding hydrogens is 364 g/mol. The molecular formula is C22H13F2NO3. The Bertz CT molecular complexity index is 1230. The van der Waals surface area contributed by atoms with Gasteiger partial charge in [0.25, 0.3) is 5.91 Å². The number of carbonyl (C=O) groups excluding carboxylic acids is 1. The summed E-state index contributed by atoms with van der Waals surface area (Å²) in [5.74, 6) is -0.919. The zero-order valence-corrected chi connectivity index (χ0v) is 14.4. The fourth-order valence-corrected chi connectivity index (χ4v) is 2.79. The van der Waals surface area contributed by atoms with Gasteiger partial charge < -0.3 is 9.73 Å². The maximum Gasteiger partial charge on any atom is 0.255 e. The van der Waals surface area contributed by atoms with E-state index in [1.807, 2.05) is 0 Å². The molecule has 0 radical (unpaired) electrons. The van der Waals surface area contributed by atoms with Crippen molar-refractivity contribution in [1.29, 1.82) is 0 Å². The summed E-state index contributed by atoms with van der Waals surface area (Å²) in [6.45, 7) is 0. The molecule has 0 aliphatic carbocycles. The Labute approximate surface area is 158 Å². The van der Waals surface area contributed by atoms with Crippen molar-refractivity contribution in [2.45, 2.75) is 0 Å². The Morgan fingerprint density at radius 3 is 2.14 bits per heavy atom. The highest BCUT2D eigenvalue weighted by Gasteiger charge is 2.10. The second-order valence-electron chi connectivity index (χ2n) is 6.15. The molecule has 3 aromatic carbocycles. The molecule has 0 aliphatic heterocycles. The zero-order valence-electron chi connectivity index (χ0n) is 14.4. The number of rotatable bonds is 3. The highest BCUT2D eigenvalue weighted by atomic mass is 19.1. The van der Waals surface area contributed by atoms with E-state index in [2.05, 4.69) is 5.32 Å². The van der Waals surface area contributed by atoms with Crippen molar-refractivity contribution in [1.82, 2.24) is 0 Å². The van der Waals surface area contributed by atoms with E-state index in [0.717, 1.165) is 0 Å². The number of amides is 1. The first kappa shape index (κ1) is 17.6. The highest BCUT2D eigenvalue weighted by Crippen LogP contribution is 2.24. The number of hydrogen-bond acceptors (Lipinski definition) is 3. The van der Waals surface area contributed by atoms with Crippen LogP contribution in [0, 0.1) is 11.6 Å². The van der Waals surface area contributed by atoms with Gasteiger partial charge in [0.15, 0.2) is 5.43 Å². The molecule has 1 heterocycles. The number of halogens is 2. The summed E-state index contributed by atoms with van der Waals surface area (Å²) in [5, 5.41) is 2.96. The Morgan fingerprint density at radius 1 is 0.821 bits per heavy atom. The highest BCUT2D eigenvalue weighted by molar-refractivity contribution is 6.05. The molecule has 28 heavy (non-hydrogen) atoms. The van der Waals surface area contributed by atoms with Crippen LogP contribution < -0.4 is 10.7 Å². The van der Waals surface area contributed by atoms with E-state index in [1.54, 1.807) is 12.1 Å². The summed E-state index contributed by atoms with van der Waals surface area (Å²) in [4.78, 5) is 24.7. The van der Waals surface area contributed by atoms with Crippen LogP contribution in [0.15, 0.2) is 82.0 Å². The normalized spacial score (nSPS) is 10.8. The van der Waals surface area contributed by atoms with Gasteiger partial charge in [-0.2, -0.15) is 0 Å². The lowest BCUT2D eigenvalue weighted by molar-refractivity contribution is 0.102. The average molecular weight is 377 g/mol. The SMILES string of the molecule is O=C(Nc1ccc2oc(-c3ccc(F)cc3)cc(=O)c2c1)c1ccc(F)cc1. The van der Waals surface area contributed by atoms with Crippen LogP contribution in [0.2, 0.25) is 0 Å². The first-order valence-corrected chi connectivity index (χ1v) is 8.40. The minimum Gasteiger partial charge on any atom is -0.456 e. The number of fused-ring (bicyclic) bond motifs is 1. The molecule has 4 nitrogen and oxygen atoms in total. The molecule has 0 saturated heterocycles. The molecule has 4 rings (SSSR count). The third-order valence-electron chi connectivity index (χ3n) is 4.22. The third-order valence-corrected chi connectivity index (χ3v) is 4.22. The van der Waals surface area contributed by atoms with E-state index < -0.39 is 11.7 Å². The predicted molar refractivity (Wildman–Crippen MR) is 102 cm³/mol. The molecule has 1 N–H and O–H groups in total. The van der Waals surface area contributed by atoms with Gasteiger partial charge >= 0.3 is 0 Å². The summed E-state index contributed by atoms with van der Waals surface area (Å²) < 4.78 is 31.8. The van der Waals surface area contributed by atoms with Gasteiger partial charge in [-0.05, 0) is 66.7 Å². The first-order chi connectivity index (χ1) is 13.5. The van der Waals surface area contributed by atoms with Crippen molar-refractivity contribution < 1.29 is 18.0 Å². The van der Waals surface area contributed by atoms with E-state index in [4.69, 9.17) is 4.42 Å². The molecule has 0 bridgehead atoms. The van der Waals surface area contributed by atoms with E-state index >= 15 is 0 Å². The minimum atomic E-state index is -0.433. The molecule has 1 aromatic heterocycles. The molecule has 0 fully saturated rings. The Balaban J connectivity index is 1.66. The molecule has 0 aliphatic rings. The Hall–Kier alpha value is -3.80. The minimum absolute atomic E-state index is 0.292. The second kappa shape index (κ2) is 7.08. The lowest BCUT2D eigenvalue weighted by Gasteiger charge is -2.07. The summed E-state index contributed by atoms with van der Waals surface area (Å²) >= 11 is 0. The fourth-order valence-electron chi connectivity index (χ4n) is 2.79. The number of carbonyl (C=O) groups is 1. The smallest absolute Gasteiger partial charge is 0.255 e. The van der Waals surface area contributed by atoms with E-state index in [9.17, 15) is 18.4 Å². The maximum absolute atomic E-state index is 13.1. The number of nitrogens with one attached hydrogen (secondary N) is 1. The molecule has 4 aromatic rings. The first-order valence-electron chi connectivity index (χ1n) is 8.40. The molecule has 138 valence electrons. The fraction of sp³-hybridized carbons (Fsp3) is 0. The summed E-state index contributed by atoms with van der Waals surface area (Å²) in [6.07, 6.45) is 0. The van der Waals surface area contributed by atoms with Crippen molar-refractivity contribution in [2.24, 2.45) is 0 Å². The van der Waals surface area contributed by atoms with Crippen molar-refractivity contribution >= 4 is 22.6 Å². The van der Waals surface area contributed by atoms with Crippen LogP contribution >= 0.6 is 0 Å². The Morgan fingerprint density at radius 2 is 1.46 bits per heavy atom. The van der Waals surface area contributed by atoms with E-state index in [-0.39, 0.29) is 11.2 Å². The predicted octanol–water partition coefficient (Wildman–Crippen LogP) is 4.99. The molecule has 6 heteroatoms. The summed E-state index contributed by atoms with van der Waals surface area (Å²) in [6, 6.07) is 16.8. The molecule has 1 amide bonds. The van der Waals surface area contributed by atoms with Gasteiger partial charge in [-0.3, -0.25) is 9.59 Å². The van der Waals surface area contributed by atoms with Crippen LogP contribution in [-0.4, -0.2) is 5.91 Å². The zero-order chi connectivity index (χ0) is 19.7. The lowest BCUT2D eigenvalue weighted by atomic mass is 10.1. The van der Waals surface area contributed by atoms with Crippen molar-refractivity contribution in [2.75, 3.05) is 5.32 Å². The van der Waals surface area contributed by atoms with Gasteiger partial charge in [0.05, 0.1) is 5.39 Å². The molecule has 0 unspecified atom stereocenters. The van der Waals surface area contributed by atoms with Gasteiger partial charge in [-0.25, -0.2) is 8.78 Å². The molecule has 0 saturated carbocycles. The quantitative estimate of drug-likeness (QED) is 0.547. The van der Waals surface area contributed by atoms with Crippen LogP contribution in [0.3, 0.4) is 0 Å². The third kappa shape index (κ3) is 3.53. The van der Waals surface area contributed by atoms with Crippen LogP contribution in [0.1, 0.15) is 10.4 Å². The number of anilines is 1. The van der Waals surface area contributed by atoms with Crippen molar-refractivity contribution in [3.63, 3.8) is 0 Å². The van der Waals surface area contributed by atoms with E-state index in [0.29, 0.717) is 33.5 Å². The lowest BCUT2D eigenvalue weighted by Crippen LogP contribution is -2.12. The van der Waals surface area contributed by atoms with Gasteiger partial charge in [0.1, 0.15) is 23.0 Å². The van der Waals surface area contributed by atoms with Gasteiger partial charge in [0.2, 0.25) is 0 Å². The van der Waals surface area contributed by atoms with Crippen molar-refractivity contribution in [3.8, 4) is 11.3 Å². The topological polar surface area (TPSA) is 59.3 Å². The second-order valence-corrected chi connectivity index (χ2v) is 6.15. The average Bonchev–Trinajstić information content (AvgIpc) is 2.69. The molecule has 0 atom stereocenters. The van der Waals surface area contributed by atoms with Crippen LogP contribution in [0.25, 0.3) is 22.3 Å². The van der Waals surface area contributed by atoms with Gasteiger partial charge in [0, 0.05) is 22.9 Å². The standard InChI is InChI=1S/C22H13F2NO3/c23-15-5-1-13(2-6-15)21-12-19(26)18-11-17(9-10-20(18)28-21)25-22(27)14-3-7-16(24)8-4-14/h1-12H,(H,25,27). The largest absolute Gasteiger partial charge is 0.456 e. The van der Waals surface area contributed by atoms with Gasteiger partial charge in [-0.15, -0.1) is 0 Å². The van der Waals surface area contributed by atoms with Crippen LogP contribution in [0.5, 0.6) is 0 Å². The van der Waals surface area contributed by atoms with Crippen LogP contribution in [-0.2, 0) is 0 Å². The number of hydrogen-bond donors (Lipinski definition) is 1. The van der Waals surface area contributed by atoms with Crippen LogP contribution in [0.4, 0.5) is 14.5 Å². The van der Waals surface area contributed by atoms with Gasteiger partial charge in [-0.1, -0.05) is 0 Å². The van der Waals surface area contributed by atoms with Crippen molar-refractivity contribution in [3.05, 3.63) is 100 Å².